The summed E-state index contributed by atoms with van der Waals surface area (Å²) < 4.78 is 102. The normalized spacial score (nSPS) is 17.1. The first-order chi connectivity index (χ1) is 21.2. The molecule has 0 atom stereocenters. The zero-order chi connectivity index (χ0) is 31.1. The van der Waals surface area contributed by atoms with Crippen molar-refractivity contribution in [2.45, 2.75) is 70.6 Å². The van der Waals surface area contributed by atoms with Gasteiger partial charge in [0.2, 0.25) is 5.82 Å². The van der Waals surface area contributed by atoms with Crippen LogP contribution in [0, 0.1) is 34.9 Å². The number of fused-ring (bicyclic) bond motifs is 3. The summed E-state index contributed by atoms with van der Waals surface area (Å²) in [6, 6.07) is 13.1. The third kappa shape index (κ3) is 5.22. The second kappa shape index (κ2) is 12.2. The first kappa shape index (κ1) is 30.1. The van der Waals surface area contributed by atoms with Gasteiger partial charge in [0.25, 0.3) is 0 Å². The van der Waals surface area contributed by atoms with E-state index in [1.54, 1.807) is 6.92 Å². The van der Waals surface area contributed by atoms with Gasteiger partial charge in [0.15, 0.2) is 34.8 Å². The molecule has 0 saturated heterocycles. The highest BCUT2D eigenvalue weighted by Crippen LogP contribution is 2.45. The van der Waals surface area contributed by atoms with Crippen molar-refractivity contribution in [3.05, 3.63) is 100 Å². The maximum absolute atomic E-state index is 15.6. The molecule has 0 N–H and O–H groups in total. The van der Waals surface area contributed by atoms with Gasteiger partial charge >= 0.3 is 0 Å². The maximum atomic E-state index is 15.6. The number of rotatable bonds is 8. The van der Waals surface area contributed by atoms with Crippen molar-refractivity contribution in [1.29, 1.82) is 0 Å². The van der Waals surface area contributed by atoms with Gasteiger partial charge < -0.3 is 9.15 Å². The predicted octanol–water partition coefficient (Wildman–Crippen LogP) is 11.3. The fourth-order valence-electron chi connectivity index (χ4n) is 6.54. The molecule has 1 aliphatic rings. The molecule has 1 aromatic heterocycles. The molecule has 8 heteroatoms. The number of hydrogen-bond donors (Lipinski definition) is 0. The van der Waals surface area contributed by atoms with Crippen LogP contribution in [0.25, 0.3) is 33.1 Å². The Kier molecular flexibility index (Phi) is 8.36. The van der Waals surface area contributed by atoms with Crippen LogP contribution in [0.1, 0.15) is 80.9 Å². The zero-order valence-corrected chi connectivity index (χ0v) is 24.5. The van der Waals surface area contributed by atoms with Crippen LogP contribution in [-0.2, 0) is 6.42 Å². The summed E-state index contributed by atoms with van der Waals surface area (Å²) in [5.41, 5.74) is 1.02. The van der Waals surface area contributed by atoms with Crippen molar-refractivity contribution in [3.63, 3.8) is 0 Å². The summed E-state index contributed by atoms with van der Waals surface area (Å²) in [6.45, 7) is 3.82. The van der Waals surface area contributed by atoms with Crippen molar-refractivity contribution in [3.8, 4) is 16.9 Å². The average Bonchev–Trinajstić information content (AvgIpc) is 3.41. The van der Waals surface area contributed by atoms with E-state index in [2.05, 4.69) is 31.2 Å². The zero-order valence-electron chi connectivity index (χ0n) is 24.5. The largest absolute Gasteiger partial charge is 0.491 e. The molecule has 44 heavy (non-hydrogen) atoms. The van der Waals surface area contributed by atoms with Gasteiger partial charge in [-0.2, -0.15) is 4.39 Å². The summed E-state index contributed by atoms with van der Waals surface area (Å²) in [6.07, 6.45) is 6.18. The Morgan fingerprint density at radius 3 is 1.93 bits per heavy atom. The minimum absolute atomic E-state index is 0.0716. The molecule has 0 unspecified atom stereocenters. The lowest BCUT2D eigenvalue weighted by atomic mass is 9.76. The average molecular weight is 611 g/mol. The van der Waals surface area contributed by atoms with Crippen molar-refractivity contribution in [2.75, 3.05) is 6.61 Å². The number of furan rings is 1. The molecule has 1 fully saturated rings. The molecule has 6 rings (SSSR count). The van der Waals surface area contributed by atoms with Gasteiger partial charge in [0, 0.05) is 11.1 Å². The van der Waals surface area contributed by atoms with E-state index in [0.717, 1.165) is 50.3 Å². The van der Waals surface area contributed by atoms with Crippen LogP contribution < -0.4 is 4.74 Å². The highest BCUT2D eigenvalue weighted by molar-refractivity contribution is 6.07. The Balaban J connectivity index is 1.32. The summed E-state index contributed by atoms with van der Waals surface area (Å²) in [5, 5.41) is -1.12. The van der Waals surface area contributed by atoms with Crippen LogP contribution in [0.2, 0.25) is 0 Å². The smallest absolute Gasteiger partial charge is 0.201 e. The summed E-state index contributed by atoms with van der Waals surface area (Å²) >= 11 is 0. The lowest BCUT2D eigenvalue weighted by Gasteiger charge is -2.29. The van der Waals surface area contributed by atoms with Gasteiger partial charge in [0.05, 0.1) is 17.4 Å². The van der Waals surface area contributed by atoms with Crippen LogP contribution in [0.5, 0.6) is 5.75 Å². The van der Waals surface area contributed by atoms with E-state index >= 15 is 17.6 Å². The van der Waals surface area contributed by atoms with E-state index in [9.17, 15) is 8.78 Å². The van der Waals surface area contributed by atoms with Gasteiger partial charge in [-0.15, -0.1) is 0 Å². The quantitative estimate of drug-likeness (QED) is 0.163. The molecule has 0 bridgehead atoms. The van der Waals surface area contributed by atoms with E-state index in [1.165, 1.54) is 17.2 Å². The predicted molar refractivity (Wildman–Crippen MR) is 159 cm³/mol. The van der Waals surface area contributed by atoms with Gasteiger partial charge in [-0.05, 0) is 98.2 Å². The first-order valence-electron chi connectivity index (χ1n) is 15.1. The van der Waals surface area contributed by atoms with Crippen LogP contribution in [-0.4, -0.2) is 6.61 Å². The van der Waals surface area contributed by atoms with Crippen molar-refractivity contribution in [1.82, 2.24) is 0 Å². The molecular weight excluding hydrogens is 578 g/mol. The first-order valence-corrected chi connectivity index (χ1v) is 15.1. The van der Waals surface area contributed by atoms with Crippen LogP contribution >= 0.6 is 0 Å². The lowest BCUT2D eigenvalue weighted by molar-refractivity contribution is 0.314. The van der Waals surface area contributed by atoms with Crippen molar-refractivity contribution < 1.29 is 35.5 Å². The number of hydrogen-bond acceptors (Lipinski definition) is 2. The minimum Gasteiger partial charge on any atom is -0.491 e. The number of halogens is 6. The van der Waals surface area contributed by atoms with Crippen molar-refractivity contribution >= 4 is 21.9 Å². The van der Waals surface area contributed by atoms with E-state index in [4.69, 9.17) is 9.15 Å². The molecule has 5 aromatic rings. The van der Waals surface area contributed by atoms with Gasteiger partial charge in [-0.25, -0.2) is 22.0 Å². The Labute approximate surface area is 251 Å². The molecule has 1 saturated carbocycles. The Bertz CT molecular complexity index is 1830. The van der Waals surface area contributed by atoms with Gasteiger partial charge in [-0.3, -0.25) is 0 Å². The van der Waals surface area contributed by atoms with E-state index in [-0.39, 0.29) is 35.0 Å². The van der Waals surface area contributed by atoms with Crippen molar-refractivity contribution in [2.24, 2.45) is 0 Å². The van der Waals surface area contributed by atoms with Gasteiger partial charge in [-0.1, -0.05) is 37.6 Å². The van der Waals surface area contributed by atoms with E-state index in [1.807, 2.05) is 0 Å². The molecule has 4 aromatic carbocycles. The Morgan fingerprint density at radius 1 is 0.659 bits per heavy atom. The molecule has 0 radical (unpaired) electrons. The number of aryl methyl sites for hydroxylation is 1. The fraction of sp³-hybridized carbons (Fsp3) is 0.333. The third-order valence-electron chi connectivity index (χ3n) is 8.91. The fourth-order valence-corrected chi connectivity index (χ4v) is 6.54. The van der Waals surface area contributed by atoms with Crippen LogP contribution in [0.15, 0.2) is 52.9 Å². The van der Waals surface area contributed by atoms with E-state index < -0.39 is 56.8 Å². The maximum Gasteiger partial charge on any atom is 0.201 e. The second-order valence-corrected chi connectivity index (χ2v) is 11.6. The summed E-state index contributed by atoms with van der Waals surface area (Å²) in [5.74, 6) is -8.66. The Hall–Kier alpha value is -3.94. The van der Waals surface area contributed by atoms with Crippen LogP contribution in [0.3, 0.4) is 0 Å². The topological polar surface area (TPSA) is 22.4 Å². The minimum atomic E-state index is -1.54. The molecule has 0 amide bonds. The van der Waals surface area contributed by atoms with E-state index in [0.29, 0.717) is 18.8 Å². The summed E-state index contributed by atoms with van der Waals surface area (Å²) in [4.78, 5) is 0. The van der Waals surface area contributed by atoms with Gasteiger partial charge in [0.1, 0.15) is 11.2 Å². The standard InChI is InChI=1S/C36H32F6O2/c1-3-5-6-19-7-9-20(10-8-19)21-11-13-22(14-12-21)24-17-27-29(35(41)32(24)38)30-28(44-27)18-25(33(39)36(30)42)23-15-16-26(43-4-2)34(40)31(23)37/h7-10,15-18,21-22H,3-6,11-14H2,1-2H3. The molecule has 2 nitrogen and oxygen atoms in total. The highest BCUT2D eigenvalue weighted by Gasteiger charge is 2.31. The number of unbranched alkanes of at least 4 members (excludes halogenated alkanes) is 1. The van der Waals surface area contributed by atoms with Crippen LogP contribution in [0.4, 0.5) is 26.3 Å². The molecule has 230 valence electrons. The monoisotopic (exact) mass is 610 g/mol. The Morgan fingerprint density at radius 2 is 1.27 bits per heavy atom. The summed E-state index contributed by atoms with van der Waals surface area (Å²) in [7, 11) is 0. The molecule has 1 heterocycles. The molecular formula is C36H32F6O2. The molecule has 0 spiro atoms. The highest BCUT2D eigenvalue weighted by atomic mass is 19.2. The third-order valence-corrected chi connectivity index (χ3v) is 8.91. The number of benzene rings is 4. The second-order valence-electron chi connectivity index (χ2n) is 11.6. The molecule has 1 aliphatic carbocycles. The SMILES string of the molecule is CCCCc1ccc(C2CCC(c3cc4oc5cc(-c6ccc(OCC)c(F)c6F)c(F)c(F)c5c4c(F)c3F)CC2)cc1. The number of ether oxygens (including phenoxy) is 1. The molecule has 0 aliphatic heterocycles. The lowest BCUT2D eigenvalue weighted by Crippen LogP contribution is -2.14.